The number of nitrogens with zero attached hydrogens (tertiary/aromatic N) is 2. The number of hydrogen-bond donors (Lipinski definition) is 1. The largest absolute Gasteiger partial charge is 0.320 e. The van der Waals surface area contributed by atoms with Crippen molar-refractivity contribution in [1.29, 1.82) is 0 Å². The maximum Gasteiger partial charge on any atom is 0.238 e. The van der Waals surface area contributed by atoms with Crippen LogP contribution in [0.1, 0.15) is 30.9 Å². The third-order valence-electron chi connectivity index (χ3n) is 5.36. The second-order valence-corrected chi connectivity index (χ2v) is 7.94. The maximum atomic E-state index is 13.7. The van der Waals surface area contributed by atoms with E-state index in [1.807, 2.05) is 5.32 Å². The molecule has 1 fully saturated rings. The zero-order valence-corrected chi connectivity index (χ0v) is 17.3. The van der Waals surface area contributed by atoms with Crippen molar-refractivity contribution in [1.82, 2.24) is 9.80 Å². The lowest BCUT2D eigenvalue weighted by atomic mass is 10.0. The van der Waals surface area contributed by atoms with Gasteiger partial charge in [-0.15, -0.1) is 0 Å². The molecule has 3 rings (SSSR count). The number of nitrogens with one attached hydrogen (secondary N) is 1. The van der Waals surface area contributed by atoms with Crippen LogP contribution in [-0.2, 0) is 11.3 Å². The van der Waals surface area contributed by atoms with E-state index in [1.165, 1.54) is 11.1 Å². The first kappa shape index (κ1) is 23.1. The summed E-state index contributed by atoms with van der Waals surface area (Å²) < 4.78 is 67.1. The molecule has 0 aliphatic carbocycles. The van der Waals surface area contributed by atoms with E-state index in [0.29, 0.717) is 32.1 Å². The van der Waals surface area contributed by atoms with Gasteiger partial charge in [0, 0.05) is 32.7 Å². The van der Waals surface area contributed by atoms with E-state index in [4.69, 9.17) is 0 Å². The zero-order chi connectivity index (χ0) is 22.7. The normalized spacial score (nSPS) is 15.5. The molecule has 0 spiro atoms. The van der Waals surface area contributed by atoms with Crippen LogP contribution in [0.25, 0.3) is 0 Å². The number of hydrogen-bond acceptors (Lipinski definition) is 3. The van der Waals surface area contributed by atoms with Gasteiger partial charge in [-0.3, -0.25) is 14.6 Å². The van der Waals surface area contributed by atoms with E-state index >= 15 is 0 Å². The van der Waals surface area contributed by atoms with E-state index in [9.17, 15) is 26.7 Å². The van der Waals surface area contributed by atoms with Gasteiger partial charge in [-0.2, -0.15) is 0 Å². The van der Waals surface area contributed by atoms with Gasteiger partial charge in [0.2, 0.25) is 11.7 Å². The molecule has 31 heavy (non-hydrogen) atoms. The number of amides is 1. The van der Waals surface area contributed by atoms with E-state index in [-0.39, 0.29) is 6.54 Å². The molecule has 1 N–H and O–H groups in total. The SMILES string of the molecule is CC(C)c1ccc(CN2CCN(CC(=O)Nc3c(F)c(F)c(F)c(F)c3F)CC2)cc1. The summed E-state index contributed by atoms with van der Waals surface area (Å²) in [6.45, 7) is 7.26. The van der Waals surface area contributed by atoms with Crippen molar-refractivity contribution in [2.75, 3.05) is 38.0 Å². The molecule has 1 heterocycles. The van der Waals surface area contributed by atoms with E-state index < -0.39 is 40.7 Å². The van der Waals surface area contributed by atoms with Crippen LogP contribution < -0.4 is 5.32 Å². The summed E-state index contributed by atoms with van der Waals surface area (Å²) in [5.74, 6) is -10.9. The van der Waals surface area contributed by atoms with E-state index in [0.717, 1.165) is 6.54 Å². The molecule has 0 radical (unpaired) electrons. The van der Waals surface area contributed by atoms with Gasteiger partial charge in [0.25, 0.3) is 0 Å². The average molecular weight is 441 g/mol. The topological polar surface area (TPSA) is 35.6 Å². The summed E-state index contributed by atoms with van der Waals surface area (Å²) in [7, 11) is 0. The fraction of sp³-hybridized carbons (Fsp3) is 0.409. The van der Waals surface area contributed by atoms with Crippen LogP contribution in [0.3, 0.4) is 0 Å². The zero-order valence-electron chi connectivity index (χ0n) is 17.3. The molecule has 0 aromatic heterocycles. The molecule has 0 saturated carbocycles. The summed E-state index contributed by atoms with van der Waals surface area (Å²) in [5.41, 5.74) is 1.13. The van der Waals surface area contributed by atoms with Crippen LogP contribution >= 0.6 is 0 Å². The van der Waals surface area contributed by atoms with Gasteiger partial charge >= 0.3 is 0 Å². The lowest BCUT2D eigenvalue weighted by Gasteiger charge is -2.34. The van der Waals surface area contributed by atoms with Crippen LogP contribution in [0.4, 0.5) is 27.6 Å². The summed E-state index contributed by atoms with van der Waals surface area (Å²) in [6, 6.07) is 8.42. The first-order chi connectivity index (χ1) is 14.7. The highest BCUT2D eigenvalue weighted by Gasteiger charge is 2.27. The number of rotatable bonds is 6. The Morgan fingerprint density at radius 3 is 1.84 bits per heavy atom. The van der Waals surface area contributed by atoms with E-state index in [1.54, 1.807) is 4.90 Å². The molecule has 2 aromatic rings. The van der Waals surface area contributed by atoms with Gasteiger partial charge in [-0.25, -0.2) is 22.0 Å². The Labute approximate surface area is 177 Å². The number of halogens is 5. The molecule has 1 aliphatic rings. The van der Waals surface area contributed by atoms with Gasteiger partial charge in [0.1, 0.15) is 5.69 Å². The van der Waals surface area contributed by atoms with Gasteiger partial charge in [-0.05, 0) is 17.0 Å². The molecule has 1 saturated heterocycles. The minimum atomic E-state index is -2.26. The molecule has 2 aromatic carbocycles. The molecule has 0 bridgehead atoms. The number of carbonyl (C=O) groups is 1. The minimum absolute atomic E-state index is 0.212. The molecule has 0 atom stereocenters. The Kier molecular flexibility index (Phi) is 7.27. The van der Waals surface area contributed by atoms with Crippen molar-refractivity contribution in [2.45, 2.75) is 26.3 Å². The first-order valence-corrected chi connectivity index (χ1v) is 10.0. The van der Waals surface area contributed by atoms with Crippen molar-refractivity contribution < 1.29 is 26.7 Å². The number of carbonyl (C=O) groups excluding carboxylic acids is 1. The molecule has 1 aliphatic heterocycles. The fourth-order valence-electron chi connectivity index (χ4n) is 3.47. The Morgan fingerprint density at radius 1 is 0.839 bits per heavy atom. The number of piperazine rings is 1. The lowest BCUT2D eigenvalue weighted by molar-refractivity contribution is -0.117. The van der Waals surface area contributed by atoms with Crippen LogP contribution in [-0.4, -0.2) is 48.4 Å². The summed E-state index contributed by atoms with van der Waals surface area (Å²) in [5, 5.41) is 1.81. The van der Waals surface area contributed by atoms with Crippen molar-refractivity contribution >= 4 is 11.6 Å². The molecule has 1 amide bonds. The molecule has 4 nitrogen and oxygen atoms in total. The Bertz CT molecular complexity index is 912. The molecule has 0 unspecified atom stereocenters. The van der Waals surface area contributed by atoms with Crippen molar-refractivity contribution in [3.05, 3.63) is 64.5 Å². The average Bonchev–Trinajstić information content (AvgIpc) is 2.75. The standard InChI is InChI=1S/C22H24F5N3O/c1-13(2)15-5-3-14(4-6-15)11-29-7-9-30(10-8-29)12-16(31)28-22-20(26)18(24)17(23)19(25)21(22)27/h3-6,13H,7-12H2,1-2H3,(H,28,31). The monoisotopic (exact) mass is 441 g/mol. The van der Waals surface area contributed by atoms with Crippen LogP contribution in [0.5, 0.6) is 0 Å². The number of benzene rings is 2. The minimum Gasteiger partial charge on any atom is -0.320 e. The summed E-state index contributed by atoms with van der Waals surface area (Å²) in [4.78, 5) is 16.1. The van der Waals surface area contributed by atoms with Crippen molar-refractivity contribution in [3.63, 3.8) is 0 Å². The maximum absolute atomic E-state index is 13.7. The molecular weight excluding hydrogens is 417 g/mol. The second kappa shape index (κ2) is 9.74. The quantitative estimate of drug-likeness (QED) is 0.413. The molecular formula is C22H24F5N3O. The molecule has 168 valence electrons. The summed E-state index contributed by atoms with van der Waals surface area (Å²) in [6.07, 6.45) is 0. The lowest BCUT2D eigenvalue weighted by Crippen LogP contribution is -2.48. The predicted molar refractivity (Wildman–Crippen MR) is 107 cm³/mol. The van der Waals surface area contributed by atoms with Crippen molar-refractivity contribution in [3.8, 4) is 0 Å². The summed E-state index contributed by atoms with van der Waals surface area (Å²) >= 11 is 0. The molecule has 9 heteroatoms. The Morgan fingerprint density at radius 2 is 1.32 bits per heavy atom. The highest BCUT2D eigenvalue weighted by atomic mass is 19.2. The first-order valence-electron chi connectivity index (χ1n) is 10.0. The van der Waals surface area contributed by atoms with Crippen LogP contribution in [0.15, 0.2) is 24.3 Å². The highest BCUT2D eigenvalue weighted by molar-refractivity contribution is 5.92. The highest BCUT2D eigenvalue weighted by Crippen LogP contribution is 2.27. The van der Waals surface area contributed by atoms with Gasteiger partial charge < -0.3 is 5.32 Å². The van der Waals surface area contributed by atoms with Crippen LogP contribution in [0, 0.1) is 29.1 Å². The predicted octanol–water partition coefficient (Wildman–Crippen LogP) is 4.26. The Balaban J connectivity index is 1.51. The van der Waals surface area contributed by atoms with Gasteiger partial charge in [0.05, 0.1) is 6.54 Å². The second-order valence-electron chi connectivity index (χ2n) is 7.94. The van der Waals surface area contributed by atoms with Gasteiger partial charge in [0.15, 0.2) is 23.3 Å². The van der Waals surface area contributed by atoms with E-state index in [2.05, 4.69) is 43.0 Å². The Hall–Kier alpha value is -2.52. The van der Waals surface area contributed by atoms with Crippen molar-refractivity contribution in [2.24, 2.45) is 0 Å². The smallest absolute Gasteiger partial charge is 0.238 e. The number of anilines is 1. The van der Waals surface area contributed by atoms with Gasteiger partial charge in [-0.1, -0.05) is 38.1 Å². The third-order valence-corrected chi connectivity index (χ3v) is 5.36. The fourth-order valence-corrected chi connectivity index (χ4v) is 3.47. The van der Waals surface area contributed by atoms with Crippen LogP contribution in [0.2, 0.25) is 0 Å². The third kappa shape index (κ3) is 5.40.